The molecule has 4 saturated heterocycles. The van der Waals surface area contributed by atoms with Crippen LogP contribution in [0.15, 0.2) is 66.7 Å². The topological polar surface area (TPSA) is 29.5 Å². The largest absolute Gasteiger partial charge is 0.416 e. The van der Waals surface area contributed by atoms with Crippen molar-refractivity contribution in [2.75, 3.05) is 45.9 Å². The van der Waals surface area contributed by atoms with Crippen molar-refractivity contribution in [2.24, 2.45) is 0 Å². The number of nitrogens with zero attached hydrogens (tertiary/aromatic N) is 2. The van der Waals surface area contributed by atoms with Gasteiger partial charge in [-0.1, -0.05) is 36.4 Å². The molecular formula is C34H33F8N2O2+. The lowest BCUT2D eigenvalue weighted by Crippen LogP contribution is -2.64. The number of fused-ring (bicyclic) bond motifs is 3. The second kappa shape index (κ2) is 11.6. The van der Waals surface area contributed by atoms with Gasteiger partial charge < -0.3 is 14.1 Å². The fourth-order valence-corrected chi connectivity index (χ4v) is 7.51. The van der Waals surface area contributed by atoms with Crippen LogP contribution in [0.1, 0.15) is 58.3 Å². The number of amides is 1. The molecular weight excluding hydrogens is 620 g/mol. The number of rotatable bonds is 6. The molecule has 0 N–H and O–H groups in total. The van der Waals surface area contributed by atoms with Crippen molar-refractivity contribution in [3.8, 4) is 0 Å². The number of carbonyl (C=O) groups excluding carboxylic acids is 1. The Balaban J connectivity index is 1.28. The van der Waals surface area contributed by atoms with Gasteiger partial charge in [-0.2, -0.15) is 26.3 Å². The number of ether oxygens (including phenoxy) is 1. The molecule has 46 heavy (non-hydrogen) atoms. The van der Waals surface area contributed by atoms with Gasteiger partial charge in [-0.25, -0.2) is 8.78 Å². The normalized spacial score (nSPS) is 26.7. The number of carbonyl (C=O) groups is 1. The summed E-state index contributed by atoms with van der Waals surface area (Å²) in [5.74, 6) is -3.26. The molecule has 1 unspecified atom stereocenters. The summed E-state index contributed by atoms with van der Waals surface area (Å²) in [6, 6.07) is 14.5. The van der Waals surface area contributed by atoms with E-state index in [0.29, 0.717) is 18.7 Å². The molecule has 3 aromatic rings. The van der Waals surface area contributed by atoms with Crippen LogP contribution in [0.4, 0.5) is 35.1 Å². The van der Waals surface area contributed by atoms with Crippen LogP contribution < -0.4 is 0 Å². The minimum absolute atomic E-state index is 0.0280. The van der Waals surface area contributed by atoms with Crippen molar-refractivity contribution in [3.05, 3.63) is 106 Å². The Morgan fingerprint density at radius 1 is 0.783 bits per heavy atom. The van der Waals surface area contributed by atoms with Crippen molar-refractivity contribution in [3.63, 3.8) is 0 Å². The molecule has 0 aromatic heterocycles. The molecule has 0 spiro atoms. The maximum atomic E-state index is 14.6. The van der Waals surface area contributed by atoms with Gasteiger partial charge in [0.15, 0.2) is 11.6 Å². The molecule has 0 saturated carbocycles. The van der Waals surface area contributed by atoms with E-state index < -0.39 is 52.2 Å². The highest BCUT2D eigenvalue weighted by Gasteiger charge is 2.51. The van der Waals surface area contributed by atoms with E-state index in [2.05, 4.69) is 12.1 Å². The highest BCUT2D eigenvalue weighted by molar-refractivity contribution is 5.95. The average Bonchev–Trinajstić information content (AvgIpc) is 3.05. The molecule has 4 nitrogen and oxygen atoms in total. The van der Waals surface area contributed by atoms with Gasteiger partial charge in [0.25, 0.3) is 5.91 Å². The molecule has 246 valence electrons. The van der Waals surface area contributed by atoms with Gasteiger partial charge in [-0.05, 0) is 41.5 Å². The Kier molecular flexibility index (Phi) is 8.20. The smallest absolute Gasteiger partial charge is 0.366 e. The monoisotopic (exact) mass is 653 g/mol. The summed E-state index contributed by atoms with van der Waals surface area (Å²) in [6.07, 6.45) is -7.05. The highest BCUT2D eigenvalue weighted by atomic mass is 19.4. The number of piperidine rings is 3. The van der Waals surface area contributed by atoms with E-state index in [0.717, 1.165) is 60.4 Å². The van der Waals surface area contributed by atoms with Gasteiger partial charge in [0.2, 0.25) is 0 Å². The van der Waals surface area contributed by atoms with Crippen LogP contribution >= 0.6 is 0 Å². The van der Waals surface area contributed by atoms with E-state index in [1.807, 2.05) is 18.2 Å². The zero-order chi connectivity index (χ0) is 33.0. The molecule has 7 rings (SSSR count). The molecule has 12 heteroatoms. The maximum Gasteiger partial charge on any atom is 0.416 e. The standard InChI is InChI=1S/C34H33F8N2O2/c35-28-7-6-25(21-29(28)36)32(11-16-44-13-8-31(9-14-44,10-15-44)24-4-2-1-3-5-24)22-43(12-17-46-32)30(45)23-18-26(33(37,38)39)20-27(19-23)34(40,41)42/h1-7,18-21H,8-17,22H2/q+1. The van der Waals surface area contributed by atoms with Crippen LogP contribution in [0.3, 0.4) is 0 Å². The summed E-state index contributed by atoms with van der Waals surface area (Å²) < 4.78 is 117. The van der Waals surface area contributed by atoms with E-state index >= 15 is 0 Å². The maximum absolute atomic E-state index is 14.6. The van der Waals surface area contributed by atoms with Gasteiger partial charge in [0.1, 0.15) is 5.60 Å². The van der Waals surface area contributed by atoms with Crippen molar-refractivity contribution in [1.82, 2.24) is 4.90 Å². The predicted octanol–water partition coefficient (Wildman–Crippen LogP) is 7.71. The lowest BCUT2D eigenvalue weighted by atomic mass is 9.66. The molecule has 1 amide bonds. The van der Waals surface area contributed by atoms with Gasteiger partial charge in [0, 0.05) is 43.2 Å². The summed E-state index contributed by atoms with van der Waals surface area (Å²) in [6.45, 7) is 2.76. The Morgan fingerprint density at radius 3 is 1.96 bits per heavy atom. The van der Waals surface area contributed by atoms with Crippen LogP contribution in [0.5, 0.6) is 0 Å². The van der Waals surface area contributed by atoms with Crippen LogP contribution in [-0.2, 0) is 28.1 Å². The zero-order valence-corrected chi connectivity index (χ0v) is 24.9. The Labute approximate surface area is 261 Å². The van der Waals surface area contributed by atoms with E-state index in [-0.39, 0.29) is 43.2 Å². The summed E-state index contributed by atoms with van der Waals surface area (Å²) in [7, 11) is 0. The number of benzene rings is 3. The lowest BCUT2D eigenvalue weighted by molar-refractivity contribution is -0.944. The van der Waals surface area contributed by atoms with Crippen LogP contribution in [0.2, 0.25) is 0 Å². The first-order valence-corrected chi connectivity index (χ1v) is 15.2. The van der Waals surface area contributed by atoms with Gasteiger partial charge in [0.05, 0.1) is 50.5 Å². The van der Waals surface area contributed by atoms with Crippen molar-refractivity contribution < 1.29 is 49.1 Å². The summed E-state index contributed by atoms with van der Waals surface area (Å²) >= 11 is 0. The summed E-state index contributed by atoms with van der Waals surface area (Å²) in [5, 5.41) is 0. The second-order valence-corrected chi connectivity index (χ2v) is 12.9. The first-order valence-electron chi connectivity index (χ1n) is 15.2. The zero-order valence-electron chi connectivity index (χ0n) is 24.9. The number of morpholine rings is 1. The Morgan fingerprint density at radius 2 is 1.39 bits per heavy atom. The van der Waals surface area contributed by atoms with Crippen LogP contribution in [0, 0.1) is 11.6 Å². The number of alkyl halides is 6. The first kappa shape index (κ1) is 32.4. The highest BCUT2D eigenvalue weighted by Crippen LogP contribution is 2.47. The number of hydrogen-bond acceptors (Lipinski definition) is 2. The molecule has 4 fully saturated rings. The van der Waals surface area contributed by atoms with Crippen LogP contribution in [-0.4, -0.2) is 61.2 Å². The molecule has 3 aromatic carbocycles. The predicted molar refractivity (Wildman–Crippen MR) is 153 cm³/mol. The van der Waals surface area contributed by atoms with E-state index in [4.69, 9.17) is 4.74 Å². The van der Waals surface area contributed by atoms with Crippen LogP contribution in [0.25, 0.3) is 0 Å². The third kappa shape index (κ3) is 6.13. The molecule has 0 aliphatic carbocycles. The van der Waals surface area contributed by atoms with Gasteiger partial charge in [-0.3, -0.25) is 4.79 Å². The van der Waals surface area contributed by atoms with Crippen molar-refractivity contribution in [2.45, 2.75) is 49.1 Å². The fraction of sp³-hybridized carbons (Fsp3) is 0.441. The molecule has 4 heterocycles. The Bertz CT molecular complexity index is 1550. The molecule has 4 aliphatic heterocycles. The molecule has 0 radical (unpaired) electrons. The number of hydrogen-bond donors (Lipinski definition) is 0. The van der Waals surface area contributed by atoms with Gasteiger partial charge >= 0.3 is 12.4 Å². The summed E-state index contributed by atoms with van der Waals surface area (Å²) in [5.41, 5.74) is -3.66. The Hall–Kier alpha value is -3.51. The SMILES string of the molecule is O=C(c1cc(C(F)(F)F)cc(C(F)(F)F)c1)N1CCOC(CC[N+]23CCC(c4ccccc4)(CC2)CC3)(c2ccc(F)c(F)c2)C1. The second-order valence-electron chi connectivity index (χ2n) is 12.9. The quantitative estimate of drug-likeness (QED) is 0.202. The molecule has 1 atom stereocenters. The van der Waals surface area contributed by atoms with E-state index in [9.17, 15) is 39.9 Å². The average molecular weight is 654 g/mol. The third-order valence-electron chi connectivity index (χ3n) is 10.3. The van der Waals surface area contributed by atoms with Crippen molar-refractivity contribution in [1.29, 1.82) is 0 Å². The minimum atomic E-state index is -5.12. The lowest BCUT2D eigenvalue weighted by Gasteiger charge is -2.56. The van der Waals surface area contributed by atoms with E-state index in [1.165, 1.54) is 11.6 Å². The third-order valence-corrected chi connectivity index (χ3v) is 10.3. The molecule has 2 bridgehead atoms. The van der Waals surface area contributed by atoms with E-state index in [1.54, 1.807) is 0 Å². The summed E-state index contributed by atoms with van der Waals surface area (Å²) in [4.78, 5) is 14.7. The minimum Gasteiger partial charge on any atom is -0.366 e. The van der Waals surface area contributed by atoms with Crippen molar-refractivity contribution >= 4 is 5.91 Å². The first-order chi connectivity index (χ1) is 21.6. The number of quaternary nitrogens is 1. The molecule has 4 aliphatic rings. The number of halogens is 8. The van der Waals surface area contributed by atoms with Gasteiger partial charge in [-0.15, -0.1) is 0 Å². The fourth-order valence-electron chi connectivity index (χ4n) is 7.51.